The zero-order valence-corrected chi connectivity index (χ0v) is 16.8. The molecule has 2 heterocycles. The largest absolute Gasteiger partial charge is 0.490 e. The van der Waals surface area contributed by atoms with Gasteiger partial charge in [-0.1, -0.05) is 0 Å². The highest BCUT2D eigenvalue weighted by Crippen LogP contribution is 2.49. The zero-order valence-electron chi connectivity index (χ0n) is 15.9. The molecule has 2 aliphatic rings. The van der Waals surface area contributed by atoms with E-state index >= 15 is 0 Å². The number of pyridine rings is 1. The first-order valence-corrected chi connectivity index (χ1v) is 10.8. The molecule has 2 fully saturated rings. The van der Waals surface area contributed by atoms with Crippen LogP contribution in [0.25, 0.3) is 0 Å². The van der Waals surface area contributed by atoms with Gasteiger partial charge in [-0.05, 0) is 37.2 Å². The molecule has 0 bridgehead atoms. The third-order valence-corrected chi connectivity index (χ3v) is 5.86. The smallest absolute Gasteiger partial charge is 0.475 e. The number of carbonyl (C=O) groups excluding carboxylic acids is 1. The predicted octanol–water partition coefficient (Wildman–Crippen LogP) is 1.79. The van der Waals surface area contributed by atoms with Crippen LogP contribution in [-0.4, -0.2) is 66.8 Å². The first-order valence-electron chi connectivity index (χ1n) is 8.89. The molecule has 0 aromatic carbocycles. The van der Waals surface area contributed by atoms with Gasteiger partial charge in [0.2, 0.25) is 10.0 Å². The molecule has 1 amide bonds. The van der Waals surface area contributed by atoms with E-state index in [0.717, 1.165) is 31.9 Å². The maximum atomic E-state index is 13.7. The van der Waals surface area contributed by atoms with E-state index in [1.807, 2.05) is 0 Å². The summed E-state index contributed by atoms with van der Waals surface area (Å²) in [7, 11) is -3.17. The molecular weight excluding hydrogens is 434 g/mol. The number of rotatable bonds is 3. The fraction of sp³-hybridized carbons (Fsp3) is 0.588. The van der Waals surface area contributed by atoms with Crippen molar-refractivity contribution >= 4 is 21.9 Å². The lowest BCUT2D eigenvalue weighted by Crippen LogP contribution is -2.55. The Morgan fingerprint density at radius 1 is 1.27 bits per heavy atom. The van der Waals surface area contributed by atoms with E-state index in [0.29, 0.717) is 13.1 Å². The van der Waals surface area contributed by atoms with Crippen LogP contribution in [0.1, 0.15) is 36.0 Å². The lowest BCUT2D eigenvalue weighted by molar-refractivity contribution is -0.192. The number of carbonyl (C=O) groups is 2. The molecule has 1 aromatic heterocycles. The summed E-state index contributed by atoms with van der Waals surface area (Å²) in [4.78, 5) is 26.6. The average molecular weight is 455 g/mol. The van der Waals surface area contributed by atoms with Crippen LogP contribution < -0.4 is 4.72 Å². The van der Waals surface area contributed by atoms with Gasteiger partial charge in [0.15, 0.2) is 5.82 Å². The third kappa shape index (κ3) is 6.36. The summed E-state index contributed by atoms with van der Waals surface area (Å²) in [5, 5.41) is 7.12. The van der Waals surface area contributed by atoms with E-state index < -0.39 is 28.0 Å². The van der Waals surface area contributed by atoms with Crippen molar-refractivity contribution in [2.75, 3.05) is 19.3 Å². The summed E-state index contributed by atoms with van der Waals surface area (Å²) < 4.78 is 70.5. The zero-order chi connectivity index (χ0) is 22.7. The highest BCUT2D eigenvalue weighted by Gasteiger charge is 2.47. The monoisotopic (exact) mass is 455 g/mol. The van der Waals surface area contributed by atoms with E-state index in [9.17, 15) is 30.8 Å². The molecule has 0 radical (unpaired) electrons. The number of hydrogen-bond acceptors (Lipinski definition) is 5. The van der Waals surface area contributed by atoms with Crippen molar-refractivity contribution in [3.05, 3.63) is 29.8 Å². The minimum atomic E-state index is -5.08. The Morgan fingerprint density at radius 2 is 1.80 bits per heavy atom. The summed E-state index contributed by atoms with van der Waals surface area (Å²) in [6.07, 6.45) is 1.82. The highest BCUT2D eigenvalue weighted by atomic mass is 32.2. The molecule has 8 nitrogen and oxygen atoms in total. The molecule has 1 aromatic rings. The van der Waals surface area contributed by atoms with Gasteiger partial charge >= 0.3 is 12.1 Å². The second-order valence-electron chi connectivity index (χ2n) is 7.45. The van der Waals surface area contributed by atoms with Crippen molar-refractivity contribution < 1.29 is 40.7 Å². The van der Waals surface area contributed by atoms with Crippen molar-refractivity contribution in [2.45, 2.75) is 37.9 Å². The van der Waals surface area contributed by atoms with Crippen molar-refractivity contribution in [3.8, 4) is 0 Å². The Hall–Kier alpha value is -2.28. The fourth-order valence-electron chi connectivity index (χ4n) is 3.68. The molecule has 1 aliphatic carbocycles. The predicted molar refractivity (Wildman–Crippen MR) is 96.5 cm³/mol. The van der Waals surface area contributed by atoms with Crippen LogP contribution in [0.2, 0.25) is 0 Å². The molecule has 1 saturated heterocycles. The first-order chi connectivity index (χ1) is 13.7. The van der Waals surface area contributed by atoms with Crippen LogP contribution in [0.15, 0.2) is 18.5 Å². The number of piperidine rings is 1. The van der Waals surface area contributed by atoms with Gasteiger partial charge in [0.1, 0.15) is 0 Å². The lowest BCUT2D eigenvalue weighted by Gasteiger charge is -2.52. The second kappa shape index (κ2) is 8.84. The number of nitrogens with one attached hydrogen (secondary N) is 1. The van der Waals surface area contributed by atoms with Crippen molar-refractivity contribution in [1.29, 1.82) is 0 Å². The number of amides is 1. The normalized spacial score (nSPS) is 18.9. The Labute approximate surface area is 170 Å². The number of halogens is 4. The Morgan fingerprint density at radius 3 is 2.23 bits per heavy atom. The number of aliphatic carboxylic acids is 1. The van der Waals surface area contributed by atoms with Gasteiger partial charge < -0.3 is 10.0 Å². The van der Waals surface area contributed by atoms with Gasteiger partial charge in [0, 0.05) is 25.3 Å². The average Bonchev–Trinajstić information content (AvgIpc) is 2.59. The molecule has 1 saturated carbocycles. The van der Waals surface area contributed by atoms with Crippen molar-refractivity contribution in [1.82, 2.24) is 14.6 Å². The van der Waals surface area contributed by atoms with Crippen LogP contribution in [-0.2, 0) is 14.8 Å². The number of carboxylic acids is 1. The van der Waals surface area contributed by atoms with Gasteiger partial charge in [0.05, 0.1) is 18.0 Å². The van der Waals surface area contributed by atoms with Gasteiger partial charge in [-0.2, -0.15) is 13.2 Å². The number of hydrogen-bond donors (Lipinski definition) is 2. The molecule has 168 valence electrons. The summed E-state index contributed by atoms with van der Waals surface area (Å²) in [5.74, 6) is -3.66. The fourth-order valence-corrected chi connectivity index (χ4v) is 4.46. The summed E-state index contributed by atoms with van der Waals surface area (Å²) in [6.45, 7) is 1.15. The number of carboxylic acid groups (broad SMARTS) is 1. The van der Waals surface area contributed by atoms with Gasteiger partial charge in [-0.25, -0.2) is 22.3 Å². The number of aromatic nitrogens is 1. The second-order valence-corrected chi connectivity index (χ2v) is 9.23. The minimum Gasteiger partial charge on any atom is -0.475 e. The van der Waals surface area contributed by atoms with Crippen LogP contribution in [0.4, 0.5) is 17.6 Å². The lowest BCUT2D eigenvalue weighted by atomic mass is 9.60. The third-order valence-electron chi connectivity index (χ3n) is 5.10. The van der Waals surface area contributed by atoms with E-state index in [1.165, 1.54) is 18.5 Å². The molecule has 0 unspecified atom stereocenters. The molecule has 0 atom stereocenters. The molecular formula is C17H21F4N3O5S. The molecule has 1 aliphatic heterocycles. The number of likely N-dealkylation sites (tertiary alicyclic amines) is 1. The summed E-state index contributed by atoms with van der Waals surface area (Å²) in [5.41, 5.74) is 0.178. The molecule has 1 spiro atoms. The first kappa shape index (κ1) is 24.0. The maximum absolute atomic E-state index is 13.7. The van der Waals surface area contributed by atoms with E-state index in [4.69, 9.17) is 9.90 Å². The Bertz CT molecular complexity index is 891. The molecule has 30 heavy (non-hydrogen) atoms. The van der Waals surface area contributed by atoms with Crippen molar-refractivity contribution in [2.24, 2.45) is 5.41 Å². The number of nitrogens with zero attached hydrogens (tertiary/aromatic N) is 2. The number of sulfonamides is 1. The molecule has 13 heteroatoms. The van der Waals surface area contributed by atoms with Crippen LogP contribution in [0.3, 0.4) is 0 Å². The topological polar surface area (TPSA) is 117 Å². The van der Waals surface area contributed by atoms with Crippen LogP contribution >= 0.6 is 0 Å². The van der Waals surface area contributed by atoms with Gasteiger partial charge in [-0.3, -0.25) is 9.78 Å². The standard InChI is InChI=1S/C15H20FN3O3S.C2HF3O2/c1-23(21,22)18-11-8-15(9-11)3-6-19(7-4-15)14(20)12-2-5-17-10-13(12)16;3-2(4,5)1(6)7/h2,5,10-11,18H,3-4,6-9H2,1H3;(H,6,7). The van der Waals surface area contributed by atoms with Crippen LogP contribution in [0.5, 0.6) is 0 Å². The highest BCUT2D eigenvalue weighted by molar-refractivity contribution is 7.88. The minimum absolute atomic E-state index is 0.00453. The van der Waals surface area contributed by atoms with Crippen molar-refractivity contribution in [3.63, 3.8) is 0 Å². The van der Waals surface area contributed by atoms with E-state index in [-0.39, 0.29) is 22.9 Å². The Balaban J connectivity index is 0.000000396. The van der Waals surface area contributed by atoms with E-state index in [2.05, 4.69) is 9.71 Å². The number of alkyl halides is 3. The Kier molecular flexibility index (Phi) is 7.07. The maximum Gasteiger partial charge on any atom is 0.490 e. The summed E-state index contributed by atoms with van der Waals surface area (Å²) in [6, 6.07) is 1.40. The van der Waals surface area contributed by atoms with E-state index in [1.54, 1.807) is 4.90 Å². The summed E-state index contributed by atoms with van der Waals surface area (Å²) >= 11 is 0. The molecule has 3 rings (SSSR count). The van der Waals surface area contributed by atoms with Crippen LogP contribution in [0, 0.1) is 11.2 Å². The van der Waals surface area contributed by atoms with Gasteiger partial charge in [0.25, 0.3) is 5.91 Å². The quantitative estimate of drug-likeness (QED) is 0.672. The van der Waals surface area contributed by atoms with Gasteiger partial charge in [-0.15, -0.1) is 0 Å². The SMILES string of the molecule is CS(=O)(=O)NC1CC2(CCN(C(=O)c3ccncc3F)CC2)C1.O=C(O)C(F)(F)F. The molecule has 2 N–H and O–H groups in total.